The second kappa shape index (κ2) is 7.03. The van der Waals surface area contributed by atoms with Gasteiger partial charge in [0.15, 0.2) is 29.5 Å². The number of carbonyl (C=O) groups is 1. The summed E-state index contributed by atoms with van der Waals surface area (Å²) in [5.74, 6) is 2.11. The Balaban J connectivity index is 2.04. The van der Waals surface area contributed by atoms with Crippen LogP contribution in [-0.4, -0.2) is 40.3 Å². The smallest absolute Gasteiger partial charge is 0.199 e. The molecule has 2 aromatic carbocycles. The van der Waals surface area contributed by atoms with Crippen molar-refractivity contribution in [3.63, 3.8) is 0 Å². The van der Waals surface area contributed by atoms with Crippen LogP contribution >= 0.6 is 0 Å². The van der Waals surface area contributed by atoms with E-state index in [0.717, 1.165) is 5.56 Å². The van der Waals surface area contributed by atoms with E-state index in [2.05, 4.69) is 0 Å². The molecule has 0 spiro atoms. The predicted molar refractivity (Wildman–Crippen MR) is 91.0 cm³/mol. The first kappa shape index (κ1) is 17.1. The molecule has 0 amide bonds. The van der Waals surface area contributed by atoms with Gasteiger partial charge in [-0.2, -0.15) is 0 Å². The predicted octanol–water partition coefficient (Wildman–Crippen LogP) is 3.04. The number of hydrogen-bond acceptors (Lipinski definition) is 6. The van der Waals surface area contributed by atoms with Gasteiger partial charge >= 0.3 is 0 Å². The summed E-state index contributed by atoms with van der Waals surface area (Å²) >= 11 is 0. The Labute approximate surface area is 146 Å². The minimum atomic E-state index is -0.751. The summed E-state index contributed by atoms with van der Waals surface area (Å²) < 4.78 is 27.3. The van der Waals surface area contributed by atoms with Crippen LogP contribution in [0, 0.1) is 0 Å². The number of benzene rings is 2. The number of rotatable bonds is 5. The fourth-order valence-corrected chi connectivity index (χ4v) is 2.92. The fraction of sp³-hybridized carbons (Fsp3) is 0.316. The third-order valence-electron chi connectivity index (χ3n) is 4.23. The fourth-order valence-electron chi connectivity index (χ4n) is 2.92. The Bertz CT molecular complexity index is 785. The lowest BCUT2D eigenvalue weighted by atomic mass is 9.93. The third-order valence-corrected chi connectivity index (χ3v) is 4.23. The van der Waals surface area contributed by atoms with Gasteiger partial charge in [-0.3, -0.25) is 4.79 Å². The van der Waals surface area contributed by atoms with Crippen LogP contribution in [0.5, 0.6) is 23.0 Å². The van der Waals surface area contributed by atoms with Gasteiger partial charge in [0.25, 0.3) is 0 Å². The van der Waals surface area contributed by atoms with Gasteiger partial charge in [0, 0.05) is 13.2 Å². The Kier molecular flexibility index (Phi) is 4.81. The first-order valence-corrected chi connectivity index (χ1v) is 7.76. The van der Waals surface area contributed by atoms with Crippen molar-refractivity contribution in [1.29, 1.82) is 0 Å². The van der Waals surface area contributed by atoms with E-state index in [4.69, 9.17) is 23.7 Å². The van der Waals surface area contributed by atoms with E-state index < -0.39 is 12.2 Å². The highest BCUT2D eigenvalue weighted by atomic mass is 16.5. The summed E-state index contributed by atoms with van der Waals surface area (Å²) in [5.41, 5.74) is 1.23. The third kappa shape index (κ3) is 3.00. The van der Waals surface area contributed by atoms with Gasteiger partial charge in [0.1, 0.15) is 11.5 Å². The summed E-state index contributed by atoms with van der Waals surface area (Å²) in [6, 6.07) is 10.5. The molecule has 0 aliphatic carbocycles. The molecule has 0 saturated heterocycles. The van der Waals surface area contributed by atoms with Crippen LogP contribution in [0.2, 0.25) is 0 Å². The van der Waals surface area contributed by atoms with E-state index in [9.17, 15) is 4.79 Å². The van der Waals surface area contributed by atoms with Crippen LogP contribution in [-0.2, 0) is 4.74 Å². The summed E-state index contributed by atoms with van der Waals surface area (Å²) in [5, 5.41) is 0. The zero-order chi connectivity index (χ0) is 18.0. The molecule has 2 aromatic rings. The largest absolute Gasteiger partial charge is 0.497 e. The summed E-state index contributed by atoms with van der Waals surface area (Å²) in [6.45, 7) is 0. The van der Waals surface area contributed by atoms with Gasteiger partial charge < -0.3 is 23.7 Å². The SMILES string of the molecule is COc1ccc2c(c1)O[C@H](c1ccc(OC)c(OC)c1)[C@H](OC)C2=O. The molecule has 2 atom stereocenters. The maximum atomic E-state index is 12.8. The average molecular weight is 344 g/mol. The minimum Gasteiger partial charge on any atom is -0.497 e. The number of hydrogen-bond donors (Lipinski definition) is 0. The maximum Gasteiger partial charge on any atom is 0.199 e. The molecule has 132 valence electrons. The van der Waals surface area contributed by atoms with E-state index >= 15 is 0 Å². The molecule has 1 heterocycles. The number of Topliss-reactive ketones (excluding diaryl/α,β-unsaturated/α-hetero) is 1. The Morgan fingerprint density at radius 2 is 1.64 bits per heavy atom. The van der Waals surface area contributed by atoms with E-state index in [0.29, 0.717) is 28.6 Å². The molecule has 1 aliphatic rings. The van der Waals surface area contributed by atoms with Gasteiger partial charge in [-0.25, -0.2) is 0 Å². The van der Waals surface area contributed by atoms with E-state index in [-0.39, 0.29) is 5.78 Å². The number of fused-ring (bicyclic) bond motifs is 1. The van der Waals surface area contributed by atoms with Gasteiger partial charge in [-0.1, -0.05) is 6.07 Å². The van der Waals surface area contributed by atoms with Crippen molar-refractivity contribution in [1.82, 2.24) is 0 Å². The van der Waals surface area contributed by atoms with E-state index in [1.54, 1.807) is 51.7 Å². The zero-order valence-corrected chi connectivity index (χ0v) is 14.6. The zero-order valence-electron chi connectivity index (χ0n) is 14.6. The molecule has 0 saturated carbocycles. The summed E-state index contributed by atoms with van der Waals surface area (Å²) in [6.07, 6.45) is -1.35. The first-order chi connectivity index (χ1) is 12.1. The van der Waals surface area contributed by atoms with E-state index in [1.807, 2.05) is 6.07 Å². The molecule has 0 unspecified atom stereocenters. The molecule has 3 rings (SSSR count). The topological polar surface area (TPSA) is 63.2 Å². The number of carbonyl (C=O) groups excluding carboxylic acids is 1. The molecule has 0 N–H and O–H groups in total. The summed E-state index contributed by atoms with van der Waals surface area (Å²) in [7, 11) is 6.19. The molecule has 25 heavy (non-hydrogen) atoms. The Morgan fingerprint density at radius 3 is 2.28 bits per heavy atom. The Morgan fingerprint density at radius 1 is 0.880 bits per heavy atom. The molecule has 6 heteroatoms. The minimum absolute atomic E-state index is 0.133. The monoisotopic (exact) mass is 344 g/mol. The first-order valence-electron chi connectivity index (χ1n) is 7.76. The van der Waals surface area contributed by atoms with Crippen LogP contribution in [0.3, 0.4) is 0 Å². The second-order valence-electron chi connectivity index (χ2n) is 5.54. The van der Waals surface area contributed by atoms with E-state index in [1.165, 1.54) is 7.11 Å². The van der Waals surface area contributed by atoms with Crippen LogP contribution in [0.1, 0.15) is 22.0 Å². The quantitative estimate of drug-likeness (QED) is 0.831. The van der Waals surface area contributed by atoms with Crippen molar-refractivity contribution in [3.05, 3.63) is 47.5 Å². The van der Waals surface area contributed by atoms with Crippen molar-refractivity contribution in [2.45, 2.75) is 12.2 Å². The van der Waals surface area contributed by atoms with Crippen LogP contribution in [0.15, 0.2) is 36.4 Å². The van der Waals surface area contributed by atoms with Crippen molar-refractivity contribution in [2.24, 2.45) is 0 Å². The molecule has 0 aromatic heterocycles. The normalized spacial score (nSPS) is 19.0. The summed E-state index contributed by atoms with van der Waals surface area (Å²) in [4.78, 5) is 12.8. The highest BCUT2D eigenvalue weighted by molar-refractivity contribution is 6.03. The molecule has 6 nitrogen and oxygen atoms in total. The number of ether oxygens (including phenoxy) is 5. The van der Waals surface area contributed by atoms with Crippen molar-refractivity contribution >= 4 is 5.78 Å². The molecule has 0 fully saturated rings. The van der Waals surface area contributed by atoms with Gasteiger partial charge in [0.05, 0.1) is 26.9 Å². The number of ketones is 1. The molecular weight excluding hydrogens is 324 g/mol. The number of methoxy groups -OCH3 is 4. The molecule has 0 bridgehead atoms. The highest BCUT2D eigenvalue weighted by Gasteiger charge is 2.39. The standard InChI is InChI=1S/C19H20O6/c1-21-12-6-7-13-15(10-12)25-18(19(24-4)17(13)20)11-5-8-14(22-2)16(9-11)23-3/h5-10,18-19H,1-4H3/t18-,19-/m1/s1. The van der Waals surface area contributed by atoms with Crippen LogP contribution < -0.4 is 18.9 Å². The maximum absolute atomic E-state index is 12.8. The lowest BCUT2D eigenvalue weighted by Gasteiger charge is -2.32. The van der Waals surface area contributed by atoms with Gasteiger partial charge in [-0.05, 0) is 29.8 Å². The lowest BCUT2D eigenvalue weighted by molar-refractivity contribution is -0.000762. The molecule has 1 aliphatic heterocycles. The van der Waals surface area contributed by atoms with Crippen LogP contribution in [0.4, 0.5) is 0 Å². The Hall–Kier alpha value is -2.73. The van der Waals surface area contributed by atoms with Crippen molar-refractivity contribution in [3.8, 4) is 23.0 Å². The average Bonchev–Trinajstić information content (AvgIpc) is 2.66. The lowest BCUT2D eigenvalue weighted by Crippen LogP contribution is -2.37. The van der Waals surface area contributed by atoms with Crippen molar-refractivity contribution < 1.29 is 28.5 Å². The van der Waals surface area contributed by atoms with Gasteiger partial charge in [0.2, 0.25) is 0 Å². The molecular formula is C19H20O6. The van der Waals surface area contributed by atoms with Crippen molar-refractivity contribution in [2.75, 3.05) is 28.4 Å². The molecule has 0 radical (unpaired) electrons. The highest BCUT2D eigenvalue weighted by Crippen LogP contribution is 2.40. The van der Waals surface area contributed by atoms with Gasteiger partial charge in [-0.15, -0.1) is 0 Å². The van der Waals surface area contributed by atoms with Crippen LogP contribution in [0.25, 0.3) is 0 Å². The second-order valence-corrected chi connectivity index (χ2v) is 5.54.